The maximum absolute atomic E-state index is 11.9. The van der Waals surface area contributed by atoms with Crippen molar-refractivity contribution in [3.63, 3.8) is 0 Å². The van der Waals surface area contributed by atoms with Crippen molar-refractivity contribution in [1.82, 2.24) is 4.90 Å². The summed E-state index contributed by atoms with van der Waals surface area (Å²) in [5, 5.41) is 13.7. The second-order valence-corrected chi connectivity index (χ2v) is 6.76. The number of benzene rings is 1. The molecule has 0 radical (unpaired) electrons. The van der Waals surface area contributed by atoms with E-state index < -0.39 is 4.92 Å². The molecule has 22 heavy (non-hydrogen) atoms. The van der Waals surface area contributed by atoms with Gasteiger partial charge in [-0.25, -0.2) is 0 Å². The molecule has 1 aromatic carbocycles. The number of carbonyl (C=O) groups excluding carboxylic acids is 1. The molecular formula is C13H14ClN3O3S2. The predicted octanol–water partition coefficient (Wildman–Crippen LogP) is 3.30. The van der Waals surface area contributed by atoms with E-state index in [0.29, 0.717) is 4.32 Å². The summed E-state index contributed by atoms with van der Waals surface area (Å²) >= 11 is 12.3. The van der Waals surface area contributed by atoms with Gasteiger partial charge in [0.15, 0.2) is 0 Å². The third-order valence-corrected chi connectivity index (χ3v) is 4.88. The normalized spacial score (nSPS) is 14.0. The summed E-state index contributed by atoms with van der Waals surface area (Å²) in [6, 6.07) is 4.12. The molecule has 1 aliphatic heterocycles. The van der Waals surface area contributed by atoms with E-state index in [1.165, 1.54) is 30.0 Å². The Hall–Kier alpha value is -1.38. The molecule has 1 aromatic rings. The Kier molecular flexibility index (Phi) is 5.98. The smallest absolute Gasteiger partial charge is 0.294 e. The molecule has 2 rings (SSSR count). The number of anilines is 1. The number of hydrogen-bond acceptors (Lipinski definition) is 5. The van der Waals surface area contributed by atoms with Crippen LogP contribution in [0.1, 0.15) is 12.8 Å². The molecule has 1 fully saturated rings. The molecule has 1 aliphatic rings. The van der Waals surface area contributed by atoms with Crippen LogP contribution in [-0.2, 0) is 4.79 Å². The van der Waals surface area contributed by atoms with Crippen molar-refractivity contribution in [3.05, 3.63) is 33.3 Å². The Labute approximate surface area is 142 Å². The number of hydrogen-bond donors (Lipinski definition) is 1. The Morgan fingerprint density at radius 2 is 2.14 bits per heavy atom. The fraction of sp³-hybridized carbons (Fsp3) is 0.385. The van der Waals surface area contributed by atoms with Crippen molar-refractivity contribution in [2.24, 2.45) is 0 Å². The van der Waals surface area contributed by atoms with Crippen LogP contribution in [0.25, 0.3) is 0 Å². The molecule has 0 spiro atoms. The second kappa shape index (κ2) is 7.75. The maximum atomic E-state index is 11.9. The molecule has 1 N–H and O–H groups in total. The molecule has 0 aliphatic carbocycles. The van der Waals surface area contributed by atoms with Gasteiger partial charge in [0, 0.05) is 24.2 Å². The number of thiocarbonyl (C=S) groups is 1. The molecule has 0 saturated carbocycles. The summed E-state index contributed by atoms with van der Waals surface area (Å²) < 4.78 is 0.693. The van der Waals surface area contributed by atoms with E-state index in [1.54, 1.807) is 0 Å². The first-order valence-corrected chi connectivity index (χ1v) is 8.40. The number of nitro benzene ring substituents is 1. The Bertz CT molecular complexity index is 606. The number of carbonyl (C=O) groups is 1. The maximum Gasteiger partial charge on any atom is 0.294 e. The highest BCUT2D eigenvalue weighted by Crippen LogP contribution is 2.28. The molecule has 1 heterocycles. The molecule has 0 bridgehead atoms. The van der Waals surface area contributed by atoms with Gasteiger partial charge in [0.2, 0.25) is 5.91 Å². The summed E-state index contributed by atoms with van der Waals surface area (Å²) in [5.41, 5.74) is -0.0972. The molecule has 0 aromatic heterocycles. The van der Waals surface area contributed by atoms with Gasteiger partial charge in [-0.05, 0) is 25.0 Å². The molecule has 0 atom stereocenters. The Balaban J connectivity index is 1.92. The standard InChI is InChI=1S/C13H14ClN3O3S2/c14-9-3-4-10(11(7-9)17(19)20)15-12(18)8-22-13(21)16-5-1-2-6-16/h3-4,7H,1-2,5-6,8H2,(H,15,18). The minimum Gasteiger partial charge on any atom is -0.358 e. The van der Waals surface area contributed by atoms with Crippen LogP contribution in [0.4, 0.5) is 11.4 Å². The number of amides is 1. The number of nitro groups is 1. The minimum absolute atomic E-state index is 0.120. The third-order valence-electron chi connectivity index (χ3n) is 3.12. The van der Waals surface area contributed by atoms with Gasteiger partial charge in [-0.2, -0.15) is 0 Å². The fourth-order valence-corrected chi connectivity index (χ4v) is 3.28. The lowest BCUT2D eigenvalue weighted by molar-refractivity contribution is -0.383. The van der Waals surface area contributed by atoms with Gasteiger partial charge < -0.3 is 10.2 Å². The first-order chi connectivity index (χ1) is 10.5. The summed E-state index contributed by atoms with van der Waals surface area (Å²) in [5.74, 6) is -0.216. The number of thioether (sulfide) groups is 1. The molecule has 118 valence electrons. The summed E-state index contributed by atoms with van der Waals surface area (Å²) in [4.78, 5) is 24.4. The van der Waals surface area contributed by atoms with Crippen LogP contribution in [0.2, 0.25) is 5.02 Å². The van der Waals surface area contributed by atoms with Gasteiger partial charge in [-0.15, -0.1) is 0 Å². The Morgan fingerprint density at radius 1 is 1.45 bits per heavy atom. The van der Waals surface area contributed by atoms with E-state index >= 15 is 0 Å². The van der Waals surface area contributed by atoms with E-state index in [0.717, 1.165) is 25.9 Å². The lowest BCUT2D eigenvalue weighted by Gasteiger charge is -2.17. The van der Waals surface area contributed by atoms with Crippen LogP contribution in [0, 0.1) is 10.1 Å². The third kappa shape index (κ3) is 4.56. The van der Waals surface area contributed by atoms with E-state index in [2.05, 4.69) is 10.2 Å². The van der Waals surface area contributed by atoms with Crippen LogP contribution in [0.5, 0.6) is 0 Å². The zero-order chi connectivity index (χ0) is 16.1. The summed E-state index contributed by atoms with van der Waals surface area (Å²) in [6.45, 7) is 1.85. The molecule has 1 amide bonds. The van der Waals surface area contributed by atoms with Crippen LogP contribution in [-0.4, -0.2) is 38.9 Å². The fourth-order valence-electron chi connectivity index (χ4n) is 2.07. The molecule has 9 heteroatoms. The number of nitrogens with zero attached hydrogens (tertiary/aromatic N) is 2. The largest absolute Gasteiger partial charge is 0.358 e. The molecule has 6 nitrogen and oxygen atoms in total. The number of nitrogens with one attached hydrogen (secondary N) is 1. The highest BCUT2D eigenvalue weighted by molar-refractivity contribution is 8.23. The zero-order valence-electron chi connectivity index (χ0n) is 11.6. The van der Waals surface area contributed by atoms with Crippen LogP contribution >= 0.6 is 35.6 Å². The van der Waals surface area contributed by atoms with Gasteiger partial charge in [-0.3, -0.25) is 14.9 Å². The monoisotopic (exact) mass is 359 g/mol. The van der Waals surface area contributed by atoms with Crippen molar-refractivity contribution in [1.29, 1.82) is 0 Å². The van der Waals surface area contributed by atoms with E-state index in [4.69, 9.17) is 23.8 Å². The van der Waals surface area contributed by atoms with Gasteiger partial charge in [0.05, 0.1) is 10.7 Å². The summed E-state index contributed by atoms with van der Waals surface area (Å²) in [6.07, 6.45) is 2.23. The highest BCUT2D eigenvalue weighted by Gasteiger charge is 2.19. The van der Waals surface area contributed by atoms with Gasteiger partial charge >= 0.3 is 0 Å². The average Bonchev–Trinajstić information content (AvgIpc) is 3.00. The van der Waals surface area contributed by atoms with E-state index in [9.17, 15) is 14.9 Å². The SMILES string of the molecule is O=C(CSC(=S)N1CCCC1)Nc1ccc(Cl)cc1[N+](=O)[O-]. The zero-order valence-corrected chi connectivity index (χ0v) is 14.0. The predicted molar refractivity (Wildman–Crippen MR) is 92.6 cm³/mol. The highest BCUT2D eigenvalue weighted by atomic mass is 35.5. The lowest BCUT2D eigenvalue weighted by Crippen LogP contribution is -2.25. The summed E-state index contributed by atoms with van der Waals surface area (Å²) in [7, 11) is 0. The van der Waals surface area contributed by atoms with Crippen LogP contribution in [0.15, 0.2) is 18.2 Å². The van der Waals surface area contributed by atoms with Crippen molar-refractivity contribution >= 4 is 57.2 Å². The van der Waals surface area contributed by atoms with E-state index in [-0.39, 0.29) is 28.1 Å². The minimum atomic E-state index is -0.580. The van der Waals surface area contributed by atoms with Gasteiger partial charge in [-0.1, -0.05) is 35.6 Å². The first kappa shape index (κ1) is 17.0. The van der Waals surface area contributed by atoms with Crippen molar-refractivity contribution in [3.8, 4) is 0 Å². The topological polar surface area (TPSA) is 75.5 Å². The number of likely N-dealkylation sites (tertiary alicyclic amines) is 1. The van der Waals surface area contributed by atoms with Gasteiger partial charge in [0.1, 0.15) is 10.0 Å². The second-order valence-electron chi connectivity index (χ2n) is 4.72. The van der Waals surface area contributed by atoms with Crippen molar-refractivity contribution < 1.29 is 9.72 Å². The first-order valence-electron chi connectivity index (χ1n) is 6.63. The molecular weight excluding hydrogens is 346 g/mol. The molecule has 0 unspecified atom stereocenters. The quantitative estimate of drug-likeness (QED) is 0.505. The van der Waals surface area contributed by atoms with Gasteiger partial charge in [0.25, 0.3) is 5.69 Å². The lowest BCUT2D eigenvalue weighted by atomic mass is 10.2. The number of rotatable bonds is 4. The average molecular weight is 360 g/mol. The van der Waals surface area contributed by atoms with Crippen molar-refractivity contribution in [2.75, 3.05) is 24.2 Å². The Morgan fingerprint density at radius 3 is 2.77 bits per heavy atom. The van der Waals surface area contributed by atoms with E-state index in [1.807, 2.05) is 0 Å². The molecule has 1 saturated heterocycles. The van der Waals surface area contributed by atoms with Crippen LogP contribution in [0.3, 0.4) is 0 Å². The van der Waals surface area contributed by atoms with Crippen molar-refractivity contribution in [2.45, 2.75) is 12.8 Å². The number of halogens is 1. The van der Waals surface area contributed by atoms with Crippen LogP contribution < -0.4 is 5.32 Å².